The standard InChI is InChI=1S/C21H31N5OS.HI/c1-3-20-25-19(16-28-20)14-24-21(22-4-2)23-13-17-7-5-6-8-18(17)15-26-9-11-27-12-10-26;/h5-8,16H,3-4,9-15H2,1-2H3,(H2,22,23,24);1H. The second kappa shape index (κ2) is 13.1. The van der Waals surface area contributed by atoms with Gasteiger partial charge in [0.2, 0.25) is 0 Å². The van der Waals surface area contributed by atoms with Crippen molar-refractivity contribution >= 4 is 41.3 Å². The number of aromatic nitrogens is 1. The van der Waals surface area contributed by atoms with E-state index in [1.165, 1.54) is 16.1 Å². The molecule has 1 fully saturated rings. The molecule has 3 rings (SSSR count). The third-order valence-electron chi connectivity index (χ3n) is 4.71. The first-order valence-corrected chi connectivity index (χ1v) is 11.0. The average Bonchev–Trinajstić information content (AvgIpc) is 3.20. The minimum atomic E-state index is 0. The van der Waals surface area contributed by atoms with Gasteiger partial charge in [0.1, 0.15) is 0 Å². The SMILES string of the molecule is CCNC(=NCc1ccccc1CN1CCOCC1)NCc1csc(CC)n1.I. The predicted octanol–water partition coefficient (Wildman–Crippen LogP) is 3.41. The monoisotopic (exact) mass is 529 g/mol. The Labute approximate surface area is 195 Å². The van der Waals surface area contributed by atoms with Gasteiger partial charge in [0.15, 0.2) is 5.96 Å². The average molecular weight is 529 g/mol. The van der Waals surface area contributed by atoms with Crippen LogP contribution >= 0.6 is 35.3 Å². The Kier molecular flexibility index (Phi) is 10.9. The highest BCUT2D eigenvalue weighted by Crippen LogP contribution is 2.14. The van der Waals surface area contributed by atoms with E-state index >= 15 is 0 Å². The molecule has 0 amide bonds. The van der Waals surface area contributed by atoms with E-state index < -0.39 is 0 Å². The van der Waals surface area contributed by atoms with E-state index in [0.717, 1.165) is 57.5 Å². The van der Waals surface area contributed by atoms with E-state index in [0.29, 0.717) is 13.1 Å². The maximum atomic E-state index is 5.46. The Morgan fingerprint density at radius 2 is 1.93 bits per heavy atom. The highest BCUT2D eigenvalue weighted by atomic mass is 127. The van der Waals surface area contributed by atoms with Crippen LogP contribution in [-0.2, 0) is 30.8 Å². The van der Waals surface area contributed by atoms with Crippen LogP contribution in [-0.4, -0.2) is 48.7 Å². The molecule has 1 aromatic carbocycles. The van der Waals surface area contributed by atoms with Crippen LogP contribution in [0.2, 0.25) is 0 Å². The predicted molar refractivity (Wildman–Crippen MR) is 131 cm³/mol. The molecule has 160 valence electrons. The van der Waals surface area contributed by atoms with Gasteiger partial charge < -0.3 is 15.4 Å². The number of guanidine groups is 1. The lowest BCUT2D eigenvalue weighted by atomic mass is 10.1. The number of nitrogens with one attached hydrogen (secondary N) is 2. The third-order valence-corrected chi connectivity index (χ3v) is 5.75. The van der Waals surface area contributed by atoms with Crippen molar-refractivity contribution in [2.75, 3.05) is 32.8 Å². The highest BCUT2D eigenvalue weighted by molar-refractivity contribution is 14.0. The number of benzene rings is 1. The van der Waals surface area contributed by atoms with Gasteiger partial charge >= 0.3 is 0 Å². The number of halogens is 1. The fourth-order valence-electron chi connectivity index (χ4n) is 3.14. The number of nitrogens with zero attached hydrogens (tertiary/aromatic N) is 3. The zero-order valence-electron chi connectivity index (χ0n) is 17.3. The quantitative estimate of drug-likeness (QED) is 0.312. The molecule has 0 unspecified atom stereocenters. The molecule has 0 atom stereocenters. The minimum Gasteiger partial charge on any atom is -0.379 e. The number of hydrogen-bond donors (Lipinski definition) is 2. The molecular formula is C21H32IN5OS. The summed E-state index contributed by atoms with van der Waals surface area (Å²) in [6.07, 6.45) is 0.985. The molecule has 1 aromatic heterocycles. The fraction of sp³-hybridized carbons (Fsp3) is 0.524. The van der Waals surface area contributed by atoms with Crippen molar-refractivity contribution < 1.29 is 4.74 Å². The van der Waals surface area contributed by atoms with Crippen LogP contribution in [0.5, 0.6) is 0 Å². The molecule has 2 N–H and O–H groups in total. The molecule has 1 aliphatic heterocycles. The summed E-state index contributed by atoms with van der Waals surface area (Å²) in [5.74, 6) is 0.828. The first-order chi connectivity index (χ1) is 13.8. The van der Waals surface area contributed by atoms with Crippen LogP contribution in [0.25, 0.3) is 0 Å². The van der Waals surface area contributed by atoms with Crippen LogP contribution in [0.3, 0.4) is 0 Å². The van der Waals surface area contributed by atoms with Crippen molar-refractivity contribution in [3.8, 4) is 0 Å². The molecule has 0 bridgehead atoms. The largest absolute Gasteiger partial charge is 0.379 e. The van der Waals surface area contributed by atoms with Gasteiger partial charge in [-0.3, -0.25) is 4.90 Å². The zero-order chi connectivity index (χ0) is 19.6. The lowest BCUT2D eigenvalue weighted by Gasteiger charge is -2.27. The van der Waals surface area contributed by atoms with Crippen LogP contribution < -0.4 is 10.6 Å². The number of aryl methyl sites for hydroxylation is 1. The summed E-state index contributed by atoms with van der Waals surface area (Å²) in [7, 11) is 0. The Morgan fingerprint density at radius 3 is 2.62 bits per heavy atom. The van der Waals surface area contributed by atoms with Crippen molar-refractivity contribution in [2.45, 2.75) is 39.9 Å². The third kappa shape index (κ3) is 7.84. The number of thiazole rings is 1. The number of morpholine rings is 1. The number of ether oxygens (including phenoxy) is 1. The Balaban J connectivity index is 0.00000300. The number of aliphatic imine (C=N–C) groups is 1. The lowest BCUT2D eigenvalue weighted by Crippen LogP contribution is -2.37. The molecule has 0 aliphatic carbocycles. The molecule has 2 heterocycles. The minimum absolute atomic E-state index is 0. The Hall–Kier alpha value is -1.23. The van der Waals surface area contributed by atoms with Gasteiger partial charge in [0.05, 0.1) is 37.0 Å². The van der Waals surface area contributed by atoms with Crippen molar-refractivity contribution in [3.63, 3.8) is 0 Å². The highest BCUT2D eigenvalue weighted by Gasteiger charge is 2.12. The zero-order valence-corrected chi connectivity index (χ0v) is 20.5. The molecule has 2 aromatic rings. The summed E-state index contributed by atoms with van der Waals surface area (Å²) in [4.78, 5) is 11.9. The first kappa shape index (κ1) is 24.0. The maximum Gasteiger partial charge on any atom is 0.191 e. The fourth-order valence-corrected chi connectivity index (χ4v) is 3.88. The topological polar surface area (TPSA) is 61.8 Å². The Bertz CT molecular complexity index is 761. The Morgan fingerprint density at radius 1 is 1.17 bits per heavy atom. The van der Waals surface area contributed by atoms with E-state index in [2.05, 4.69) is 64.0 Å². The van der Waals surface area contributed by atoms with E-state index in [1.54, 1.807) is 11.3 Å². The summed E-state index contributed by atoms with van der Waals surface area (Å²) in [5.41, 5.74) is 3.68. The van der Waals surface area contributed by atoms with Crippen LogP contribution in [0, 0.1) is 0 Å². The molecule has 8 heteroatoms. The van der Waals surface area contributed by atoms with Crippen LogP contribution in [0.15, 0.2) is 34.6 Å². The molecular weight excluding hydrogens is 497 g/mol. The molecule has 1 saturated heterocycles. The van der Waals surface area contributed by atoms with Crippen LogP contribution in [0.1, 0.15) is 35.7 Å². The summed E-state index contributed by atoms with van der Waals surface area (Å²) in [5, 5.41) is 10.0. The number of hydrogen-bond acceptors (Lipinski definition) is 5. The van der Waals surface area contributed by atoms with E-state index in [1.807, 2.05) is 0 Å². The van der Waals surface area contributed by atoms with E-state index in [9.17, 15) is 0 Å². The second-order valence-electron chi connectivity index (χ2n) is 6.79. The van der Waals surface area contributed by atoms with Gasteiger partial charge in [-0.25, -0.2) is 9.98 Å². The smallest absolute Gasteiger partial charge is 0.191 e. The van der Waals surface area contributed by atoms with Gasteiger partial charge in [0, 0.05) is 31.6 Å². The number of rotatable bonds is 8. The summed E-state index contributed by atoms with van der Waals surface area (Å²) in [6, 6.07) is 8.59. The summed E-state index contributed by atoms with van der Waals surface area (Å²) < 4.78 is 5.46. The molecule has 6 nitrogen and oxygen atoms in total. The normalized spacial score (nSPS) is 15.0. The first-order valence-electron chi connectivity index (χ1n) is 10.1. The summed E-state index contributed by atoms with van der Waals surface area (Å²) >= 11 is 1.72. The lowest BCUT2D eigenvalue weighted by molar-refractivity contribution is 0.0341. The molecule has 1 aliphatic rings. The van der Waals surface area contributed by atoms with Gasteiger partial charge in [-0.15, -0.1) is 35.3 Å². The van der Waals surface area contributed by atoms with Crippen molar-refractivity contribution in [3.05, 3.63) is 51.5 Å². The molecule has 0 saturated carbocycles. The van der Waals surface area contributed by atoms with Gasteiger partial charge in [-0.1, -0.05) is 31.2 Å². The van der Waals surface area contributed by atoms with Crippen molar-refractivity contribution in [1.82, 2.24) is 20.5 Å². The van der Waals surface area contributed by atoms with Gasteiger partial charge in [0.25, 0.3) is 0 Å². The second-order valence-corrected chi connectivity index (χ2v) is 7.73. The molecule has 29 heavy (non-hydrogen) atoms. The van der Waals surface area contributed by atoms with Gasteiger partial charge in [-0.2, -0.15) is 0 Å². The van der Waals surface area contributed by atoms with Crippen molar-refractivity contribution in [2.24, 2.45) is 4.99 Å². The van der Waals surface area contributed by atoms with E-state index in [-0.39, 0.29) is 24.0 Å². The molecule has 0 spiro atoms. The van der Waals surface area contributed by atoms with Crippen molar-refractivity contribution in [1.29, 1.82) is 0 Å². The maximum absolute atomic E-state index is 5.46. The molecule has 0 radical (unpaired) electrons. The van der Waals surface area contributed by atoms with E-state index in [4.69, 9.17) is 9.73 Å². The van der Waals surface area contributed by atoms with Gasteiger partial charge in [-0.05, 0) is 24.5 Å². The summed E-state index contributed by atoms with van der Waals surface area (Å²) in [6.45, 7) is 11.0. The van der Waals surface area contributed by atoms with Crippen LogP contribution in [0.4, 0.5) is 0 Å².